The summed E-state index contributed by atoms with van der Waals surface area (Å²) in [5.41, 5.74) is 2.85. The zero-order chi connectivity index (χ0) is 18.3. The Morgan fingerprint density at radius 1 is 1.27 bits per heavy atom. The van der Waals surface area contributed by atoms with Crippen molar-refractivity contribution in [1.29, 1.82) is 0 Å². The second kappa shape index (κ2) is 6.94. The largest absolute Gasteiger partial charge is 0.324 e. The Labute approximate surface area is 163 Å². The molecular formula is C18H15N3O2S3. The third kappa shape index (κ3) is 3.32. The zero-order valence-electron chi connectivity index (χ0n) is 14.0. The van der Waals surface area contributed by atoms with E-state index in [1.807, 2.05) is 37.4 Å². The molecule has 1 aromatic heterocycles. The number of aromatic nitrogens is 1. The summed E-state index contributed by atoms with van der Waals surface area (Å²) in [5.74, 6) is -0.250. The lowest BCUT2D eigenvalue weighted by Crippen LogP contribution is -2.26. The Balaban J connectivity index is 1.56. The molecule has 1 aliphatic rings. The molecule has 0 bridgehead atoms. The van der Waals surface area contributed by atoms with E-state index >= 15 is 0 Å². The molecule has 5 nitrogen and oxygen atoms in total. The van der Waals surface area contributed by atoms with Gasteiger partial charge in [-0.25, -0.2) is 4.98 Å². The molecule has 2 amide bonds. The highest BCUT2D eigenvalue weighted by Crippen LogP contribution is 2.36. The van der Waals surface area contributed by atoms with Crippen molar-refractivity contribution in [3.63, 3.8) is 0 Å². The summed E-state index contributed by atoms with van der Waals surface area (Å²) >= 11 is 4.71. The molecule has 0 spiro atoms. The van der Waals surface area contributed by atoms with Crippen molar-refractivity contribution in [3.05, 3.63) is 42.0 Å². The minimum absolute atomic E-state index is 0.0414. The maximum Gasteiger partial charge on any atom is 0.255 e. The lowest BCUT2D eigenvalue weighted by atomic mass is 10.1. The molecule has 2 N–H and O–H groups in total. The van der Waals surface area contributed by atoms with E-state index in [-0.39, 0.29) is 17.1 Å². The maximum atomic E-state index is 12.6. The van der Waals surface area contributed by atoms with Crippen LogP contribution in [0.4, 0.5) is 11.4 Å². The van der Waals surface area contributed by atoms with Gasteiger partial charge in [-0.05, 0) is 49.6 Å². The number of nitrogens with one attached hydrogen (secondary N) is 2. The number of nitrogens with zero attached hydrogens (tertiary/aromatic N) is 1. The summed E-state index contributed by atoms with van der Waals surface area (Å²) in [5, 5.41) is 5.65. The van der Waals surface area contributed by atoms with Crippen LogP contribution in [0.2, 0.25) is 0 Å². The fraction of sp³-hybridized carbons (Fsp3) is 0.167. The Kier molecular flexibility index (Phi) is 4.64. The Morgan fingerprint density at radius 2 is 2.12 bits per heavy atom. The number of benzene rings is 2. The van der Waals surface area contributed by atoms with Crippen molar-refractivity contribution in [2.45, 2.75) is 21.4 Å². The van der Waals surface area contributed by atoms with E-state index in [0.29, 0.717) is 11.3 Å². The molecule has 2 heterocycles. The predicted molar refractivity (Wildman–Crippen MR) is 110 cm³/mol. The van der Waals surface area contributed by atoms with Crippen LogP contribution in [-0.2, 0) is 4.79 Å². The van der Waals surface area contributed by atoms with E-state index < -0.39 is 0 Å². The molecule has 0 fully saturated rings. The normalized spacial score (nSPS) is 16.2. The third-order valence-electron chi connectivity index (χ3n) is 3.97. The molecule has 132 valence electrons. The number of anilines is 2. The molecule has 4 rings (SSSR count). The van der Waals surface area contributed by atoms with Crippen LogP contribution < -0.4 is 10.6 Å². The second-order valence-corrected chi connectivity index (χ2v) is 9.25. The number of rotatable bonds is 3. The van der Waals surface area contributed by atoms with E-state index in [0.717, 1.165) is 25.1 Å². The number of hydrogen-bond donors (Lipinski definition) is 2. The first-order chi connectivity index (χ1) is 12.5. The number of amides is 2. The average molecular weight is 402 g/mol. The molecular weight excluding hydrogens is 386 g/mol. The fourth-order valence-corrected chi connectivity index (χ4v) is 5.08. The van der Waals surface area contributed by atoms with Gasteiger partial charge in [-0.2, -0.15) is 0 Å². The quantitative estimate of drug-likeness (QED) is 0.622. The molecule has 2 aromatic carbocycles. The molecule has 3 aromatic rings. The number of hydrogen-bond acceptors (Lipinski definition) is 6. The summed E-state index contributed by atoms with van der Waals surface area (Å²) in [4.78, 5) is 29.9. The van der Waals surface area contributed by atoms with Crippen LogP contribution in [0.3, 0.4) is 0 Å². The summed E-state index contributed by atoms with van der Waals surface area (Å²) in [6.07, 6.45) is 1.99. The smallest absolute Gasteiger partial charge is 0.255 e. The van der Waals surface area contributed by atoms with Crippen molar-refractivity contribution < 1.29 is 9.59 Å². The number of thiazole rings is 1. The van der Waals surface area contributed by atoms with Crippen molar-refractivity contribution >= 4 is 68.3 Å². The van der Waals surface area contributed by atoms with Crippen molar-refractivity contribution in [2.24, 2.45) is 0 Å². The highest BCUT2D eigenvalue weighted by Gasteiger charge is 2.23. The standard InChI is InChI=1S/C18H15N3O2S3/c1-9-16(22)20-13-7-10(3-6-14(13)25-9)17(23)19-11-4-5-12-15(8-11)26-18(21-12)24-2/h3-9H,1-2H3,(H,19,23)(H,20,22)/t9-/m0/s1. The molecule has 0 saturated heterocycles. The minimum atomic E-state index is -0.209. The maximum absolute atomic E-state index is 12.6. The highest BCUT2D eigenvalue weighted by atomic mass is 32.2. The van der Waals surface area contributed by atoms with E-state index in [1.165, 1.54) is 11.8 Å². The third-order valence-corrected chi connectivity index (χ3v) is 7.15. The zero-order valence-corrected chi connectivity index (χ0v) is 16.5. The van der Waals surface area contributed by atoms with Gasteiger partial charge in [0.2, 0.25) is 5.91 Å². The Morgan fingerprint density at radius 3 is 2.92 bits per heavy atom. The van der Waals surface area contributed by atoms with Gasteiger partial charge in [-0.1, -0.05) is 11.8 Å². The number of carbonyl (C=O) groups is 2. The molecule has 0 unspecified atom stereocenters. The first kappa shape index (κ1) is 17.4. The second-order valence-electron chi connectivity index (χ2n) is 5.78. The monoisotopic (exact) mass is 401 g/mol. The fourth-order valence-electron chi connectivity index (χ4n) is 2.62. The van der Waals surface area contributed by atoms with Crippen molar-refractivity contribution in [2.75, 3.05) is 16.9 Å². The Hall–Kier alpha value is -2.03. The number of fused-ring (bicyclic) bond motifs is 2. The van der Waals surface area contributed by atoms with Gasteiger partial charge in [-0.3, -0.25) is 9.59 Å². The van der Waals surface area contributed by atoms with Gasteiger partial charge in [0.1, 0.15) is 0 Å². The van der Waals surface area contributed by atoms with E-state index in [2.05, 4.69) is 15.6 Å². The molecule has 0 saturated carbocycles. The van der Waals surface area contributed by atoms with Gasteiger partial charge in [0, 0.05) is 16.1 Å². The average Bonchev–Trinajstić information content (AvgIpc) is 3.04. The minimum Gasteiger partial charge on any atom is -0.324 e. The lowest BCUT2D eigenvalue weighted by molar-refractivity contribution is -0.115. The van der Waals surface area contributed by atoms with E-state index in [9.17, 15) is 9.59 Å². The molecule has 8 heteroatoms. The topological polar surface area (TPSA) is 71.1 Å². The van der Waals surface area contributed by atoms with E-state index in [4.69, 9.17) is 0 Å². The van der Waals surface area contributed by atoms with Gasteiger partial charge in [0.15, 0.2) is 4.34 Å². The number of carbonyl (C=O) groups excluding carboxylic acids is 2. The van der Waals surface area contributed by atoms with Crippen molar-refractivity contribution in [1.82, 2.24) is 4.98 Å². The van der Waals surface area contributed by atoms with Crippen LogP contribution in [-0.4, -0.2) is 28.3 Å². The van der Waals surface area contributed by atoms with Crippen LogP contribution >= 0.6 is 34.9 Å². The van der Waals surface area contributed by atoms with E-state index in [1.54, 1.807) is 35.2 Å². The van der Waals surface area contributed by atoms with Crippen LogP contribution in [0.1, 0.15) is 17.3 Å². The van der Waals surface area contributed by atoms with Crippen molar-refractivity contribution in [3.8, 4) is 0 Å². The van der Waals surface area contributed by atoms with Gasteiger partial charge < -0.3 is 10.6 Å². The van der Waals surface area contributed by atoms with Gasteiger partial charge in [0.25, 0.3) is 5.91 Å². The molecule has 0 radical (unpaired) electrons. The summed E-state index contributed by atoms with van der Waals surface area (Å²) in [6, 6.07) is 11.1. The lowest BCUT2D eigenvalue weighted by Gasteiger charge is -2.21. The summed E-state index contributed by atoms with van der Waals surface area (Å²) < 4.78 is 2.04. The van der Waals surface area contributed by atoms with Crippen LogP contribution in [0, 0.1) is 0 Å². The Bertz CT molecular complexity index is 1030. The predicted octanol–water partition coefficient (Wildman–Crippen LogP) is 4.70. The van der Waals surface area contributed by atoms with Crippen LogP contribution in [0.15, 0.2) is 45.6 Å². The number of thioether (sulfide) groups is 2. The summed E-state index contributed by atoms with van der Waals surface area (Å²) in [7, 11) is 0. The van der Waals surface area contributed by atoms with Crippen LogP contribution in [0.25, 0.3) is 10.2 Å². The molecule has 26 heavy (non-hydrogen) atoms. The molecule has 1 atom stereocenters. The molecule has 0 aliphatic carbocycles. The first-order valence-electron chi connectivity index (χ1n) is 7.91. The van der Waals surface area contributed by atoms with Gasteiger partial charge in [-0.15, -0.1) is 23.1 Å². The van der Waals surface area contributed by atoms with Gasteiger partial charge >= 0.3 is 0 Å². The van der Waals surface area contributed by atoms with Gasteiger partial charge in [0.05, 0.1) is 21.2 Å². The first-order valence-corrected chi connectivity index (χ1v) is 10.8. The summed E-state index contributed by atoms with van der Waals surface area (Å²) in [6.45, 7) is 1.86. The highest BCUT2D eigenvalue weighted by molar-refractivity contribution is 8.01. The SMILES string of the molecule is CSc1nc2ccc(NC(=O)c3ccc4c(c3)NC(=O)[C@H](C)S4)cc2s1. The molecule has 1 aliphatic heterocycles. The van der Waals surface area contributed by atoms with Crippen LogP contribution in [0.5, 0.6) is 0 Å².